The van der Waals surface area contributed by atoms with Gasteiger partial charge in [-0.15, -0.1) is 6.42 Å². The van der Waals surface area contributed by atoms with Crippen LogP contribution in [0.15, 0.2) is 17.7 Å². The maximum atomic E-state index is 12.8. The number of terminal acetylenes is 1. The summed E-state index contributed by atoms with van der Waals surface area (Å²) in [7, 11) is 3.79. The molecule has 2 fully saturated rings. The van der Waals surface area contributed by atoms with Crippen LogP contribution in [0.1, 0.15) is 47.9 Å². The van der Waals surface area contributed by atoms with E-state index in [1.165, 1.54) is 0 Å². The number of fused-ring (bicyclic) bond motifs is 1. The van der Waals surface area contributed by atoms with Gasteiger partial charge in [0.1, 0.15) is 5.69 Å². The summed E-state index contributed by atoms with van der Waals surface area (Å²) in [5.41, 5.74) is 2.91. The summed E-state index contributed by atoms with van der Waals surface area (Å²) >= 11 is 0. The standard InChI is InChI=1S/C24H29N3O3/c1-5-18-20(28)13-17-6-7-19(21(29)12-16-14-26(3)15-16)25-22(17)23(18)27-10-8-24(2,30-4)9-11-27/h1,6-7,16H,8-15H2,2-4H3. The van der Waals surface area contributed by atoms with Crippen LogP contribution in [0.25, 0.3) is 5.70 Å². The number of pyridine rings is 1. The molecular formula is C24H29N3O3. The number of allylic oxidation sites excluding steroid dienone is 1. The smallest absolute Gasteiger partial charge is 0.181 e. The van der Waals surface area contributed by atoms with Crippen molar-refractivity contribution in [1.82, 2.24) is 14.8 Å². The molecule has 2 aliphatic heterocycles. The van der Waals surface area contributed by atoms with Crippen molar-refractivity contribution in [2.24, 2.45) is 5.92 Å². The van der Waals surface area contributed by atoms with Gasteiger partial charge >= 0.3 is 0 Å². The molecule has 0 amide bonds. The van der Waals surface area contributed by atoms with E-state index in [2.05, 4.69) is 29.7 Å². The highest BCUT2D eigenvalue weighted by molar-refractivity contribution is 6.10. The van der Waals surface area contributed by atoms with Crippen LogP contribution in [0, 0.1) is 18.3 Å². The van der Waals surface area contributed by atoms with Gasteiger partial charge in [-0.25, -0.2) is 4.98 Å². The molecule has 0 bridgehead atoms. The maximum Gasteiger partial charge on any atom is 0.181 e. The minimum absolute atomic E-state index is 0.0556. The SMILES string of the molecule is C#CC1=C(N2CCC(C)(OC)CC2)c2nc(C(=O)CC3CN(C)C3)ccc2CC1=O. The van der Waals surface area contributed by atoms with Gasteiger partial charge < -0.3 is 14.5 Å². The Morgan fingerprint density at radius 1 is 1.33 bits per heavy atom. The van der Waals surface area contributed by atoms with Crippen molar-refractivity contribution < 1.29 is 14.3 Å². The van der Waals surface area contributed by atoms with E-state index in [1.807, 2.05) is 6.07 Å². The van der Waals surface area contributed by atoms with Crippen molar-refractivity contribution in [3.63, 3.8) is 0 Å². The van der Waals surface area contributed by atoms with Crippen LogP contribution in [-0.2, 0) is 16.0 Å². The number of carbonyl (C=O) groups is 2. The highest BCUT2D eigenvalue weighted by Gasteiger charge is 2.36. The number of ketones is 2. The van der Waals surface area contributed by atoms with E-state index in [0.717, 1.165) is 44.6 Å². The van der Waals surface area contributed by atoms with Crippen molar-refractivity contribution in [3.05, 3.63) is 34.7 Å². The van der Waals surface area contributed by atoms with Gasteiger partial charge in [0, 0.05) is 46.1 Å². The number of carbonyl (C=O) groups excluding carboxylic acids is 2. The second-order valence-electron chi connectivity index (χ2n) is 9.03. The lowest BCUT2D eigenvalue weighted by Crippen LogP contribution is -2.44. The topological polar surface area (TPSA) is 62.7 Å². The van der Waals surface area contributed by atoms with Gasteiger partial charge in [-0.1, -0.05) is 12.0 Å². The lowest BCUT2D eigenvalue weighted by atomic mass is 9.87. The third-order valence-electron chi connectivity index (χ3n) is 6.74. The molecule has 0 unspecified atom stereocenters. The average molecular weight is 408 g/mol. The number of nitrogens with zero attached hydrogens (tertiary/aromatic N) is 3. The zero-order valence-corrected chi connectivity index (χ0v) is 18.0. The van der Waals surface area contributed by atoms with E-state index in [0.29, 0.717) is 35.0 Å². The summed E-state index contributed by atoms with van der Waals surface area (Å²) < 4.78 is 5.66. The molecule has 1 aromatic heterocycles. The Morgan fingerprint density at radius 3 is 2.63 bits per heavy atom. The van der Waals surface area contributed by atoms with Gasteiger partial charge in [0.2, 0.25) is 0 Å². The molecule has 1 aromatic rings. The van der Waals surface area contributed by atoms with Crippen LogP contribution in [0.3, 0.4) is 0 Å². The lowest BCUT2D eigenvalue weighted by molar-refractivity contribution is -0.114. The Hall–Kier alpha value is -2.49. The van der Waals surface area contributed by atoms with E-state index < -0.39 is 0 Å². The average Bonchev–Trinajstić information content (AvgIpc) is 2.72. The fraction of sp³-hybridized carbons (Fsp3) is 0.542. The van der Waals surface area contributed by atoms with Crippen LogP contribution in [0.5, 0.6) is 0 Å². The third-order valence-corrected chi connectivity index (χ3v) is 6.74. The molecular weight excluding hydrogens is 378 g/mol. The number of hydrogen-bond donors (Lipinski definition) is 0. The Labute approximate surface area is 178 Å². The summed E-state index contributed by atoms with van der Waals surface area (Å²) in [6.07, 6.45) is 8.16. The van der Waals surface area contributed by atoms with Crippen molar-refractivity contribution >= 4 is 17.3 Å². The molecule has 6 heteroatoms. The molecule has 0 spiro atoms. The van der Waals surface area contributed by atoms with E-state index in [9.17, 15) is 9.59 Å². The Kier molecular flexibility index (Phi) is 5.52. The van der Waals surface area contributed by atoms with E-state index in [-0.39, 0.29) is 23.6 Å². The molecule has 1 aliphatic carbocycles. The van der Waals surface area contributed by atoms with Crippen molar-refractivity contribution in [3.8, 4) is 12.3 Å². The number of methoxy groups -OCH3 is 1. The molecule has 0 N–H and O–H groups in total. The first-order valence-corrected chi connectivity index (χ1v) is 10.6. The fourth-order valence-electron chi connectivity index (χ4n) is 4.69. The zero-order chi connectivity index (χ0) is 21.5. The van der Waals surface area contributed by atoms with Crippen molar-refractivity contribution in [1.29, 1.82) is 0 Å². The summed E-state index contributed by atoms with van der Waals surface area (Å²) in [4.78, 5) is 34.6. The number of rotatable bonds is 5. The minimum atomic E-state index is -0.171. The summed E-state index contributed by atoms with van der Waals surface area (Å²) in [5.74, 6) is 3.00. The second kappa shape index (κ2) is 7.98. The maximum absolute atomic E-state index is 12.8. The Morgan fingerprint density at radius 2 is 2.03 bits per heavy atom. The van der Waals surface area contributed by atoms with Crippen LogP contribution < -0.4 is 0 Å². The quantitative estimate of drug-likeness (QED) is 0.551. The normalized spacial score (nSPS) is 21.8. The van der Waals surface area contributed by atoms with E-state index in [4.69, 9.17) is 16.1 Å². The fourth-order valence-corrected chi connectivity index (χ4v) is 4.69. The zero-order valence-electron chi connectivity index (χ0n) is 18.0. The Bertz CT molecular complexity index is 945. The highest BCUT2D eigenvalue weighted by atomic mass is 16.5. The molecule has 158 valence electrons. The van der Waals surface area contributed by atoms with Crippen LogP contribution >= 0.6 is 0 Å². The summed E-state index contributed by atoms with van der Waals surface area (Å²) in [5, 5.41) is 0. The van der Waals surface area contributed by atoms with Crippen molar-refractivity contribution in [2.75, 3.05) is 40.3 Å². The summed E-state index contributed by atoms with van der Waals surface area (Å²) in [6.45, 7) is 5.46. The molecule has 3 heterocycles. The molecule has 4 rings (SSSR count). The number of piperidine rings is 1. The predicted octanol–water partition coefficient (Wildman–Crippen LogP) is 2.19. The van der Waals surface area contributed by atoms with E-state index in [1.54, 1.807) is 13.2 Å². The third kappa shape index (κ3) is 3.80. The van der Waals surface area contributed by atoms with Gasteiger partial charge in [0.05, 0.1) is 22.6 Å². The largest absolute Gasteiger partial charge is 0.378 e. The number of aromatic nitrogens is 1. The molecule has 2 saturated heterocycles. The first-order chi connectivity index (χ1) is 14.3. The van der Waals surface area contributed by atoms with E-state index >= 15 is 0 Å². The number of Topliss-reactive ketones (excluding diaryl/α,β-unsaturated/α-hetero) is 2. The summed E-state index contributed by atoms with van der Waals surface area (Å²) in [6, 6.07) is 3.63. The van der Waals surface area contributed by atoms with Gasteiger partial charge in [-0.2, -0.15) is 0 Å². The van der Waals surface area contributed by atoms with Crippen LogP contribution in [0.2, 0.25) is 0 Å². The van der Waals surface area contributed by atoms with Gasteiger partial charge in [0.25, 0.3) is 0 Å². The minimum Gasteiger partial charge on any atom is -0.378 e. The molecule has 0 atom stereocenters. The van der Waals surface area contributed by atoms with Crippen LogP contribution in [0.4, 0.5) is 0 Å². The monoisotopic (exact) mass is 407 g/mol. The molecule has 3 aliphatic rings. The molecule has 30 heavy (non-hydrogen) atoms. The van der Waals surface area contributed by atoms with Gasteiger partial charge in [-0.3, -0.25) is 9.59 Å². The number of ether oxygens (including phenoxy) is 1. The second-order valence-corrected chi connectivity index (χ2v) is 9.03. The first kappa shape index (κ1) is 20.8. The predicted molar refractivity (Wildman–Crippen MR) is 115 cm³/mol. The van der Waals surface area contributed by atoms with Gasteiger partial charge in [-0.05, 0) is 44.4 Å². The number of likely N-dealkylation sites (tertiary alicyclic amines) is 2. The molecule has 0 aromatic carbocycles. The first-order valence-electron chi connectivity index (χ1n) is 10.6. The van der Waals surface area contributed by atoms with Crippen LogP contribution in [-0.4, -0.2) is 72.3 Å². The lowest BCUT2D eigenvalue weighted by Gasteiger charge is -2.41. The molecule has 0 saturated carbocycles. The Balaban J connectivity index is 1.65. The van der Waals surface area contributed by atoms with Crippen molar-refractivity contribution in [2.45, 2.75) is 38.2 Å². The number of hydrogen-bond acceptors (Lipinski definition) is 6. The highest BCUT2D eigenvalue weighted by Crippen LogP contribution is 2.35. The molecule has 0 radical (unpaired) electrons. The molecule has 6 nitrogen and oxygen atoms in total. The van der Waals surface area contributed by atoms with Gasteiger partial charge in [0.15, 0.2) is 11.6 Å².